The molecule has 0 radical (unpaired) electrons. The van der Waals surface area contributed by atoms with Crippen LogP contribution in [-0.4, -0.2) is 29.4 Å². The van der Waals surface area contributed by atoms with Crippen molar-refractivity contribution in [1.29, 1.82) is 0 Å². The van der Waals surface area contributed by atoms with E-state index in [9.17, 15) is 9.90 Å². The first-order valence-electron chi connectivity index (χ1n) is 6.72. The van der Waals surface area contributed by atoms with Crippen LogP contribution >= 0.6 is 0 Å². The van der Waals surface area contributed by atoms with Crippen molar-refractivity contribution in [2.75, 3.05) is 11.5 Å². The molecule has 1 amide bonds. The summed E-state index contributed by atoms with van der Waals surface area (Å²) in [5.74, 6) is -0.164. The summed E-state index contributed by atoms with van der Waals surface area (Å²) in [5, 5.41) is 9.57. The van der Waals surface area contributed by atoms with E-state index >= 15 is 0 Å². The Morgan fingerprint density at radius 2 is 1.90 bits per heavy atom. The Morgan fingerprint density at radius 1 is 1.25 bits per heavy atom. The van der Waals surface area contributed by atoms with Crippen molar-refractivity contribution in [3.63, 3.8) is 0 Å². The number of aliphatic hydroxyl groups excluding tert-OH is 1. The number of aliphatic hydroxyl groups is 1. The summed E-state index contributed by atoms with van der Waals surface area (Å²) in [5.41, 5.74) is -0.140. The number of hydrogen-bond acceptors (Lipinski definition) is 3. The molecule has 1 spiro atoms. The van der Waals surface area contributed by atoms with E-state index in [-0.39, 0.29) is 11.8 Å². The van der Waals surface area contributed by atoms with Gasteiger partial charge in [-0.2, -0.15) is 0 Å². The average molecular weight is 271 g/mol. The molecule has 2 aliphatic rings. The second-order valence-corrected chi connectivity index (χ2v) is 5.18. The molecule has 1 saturated heterocycles. The van der Waals surface area contributed by atoms with Gasteiger partial charge in [-0.1, -0.05) is 37.3 Å². The third-order valence-corrected chi connectivity index (χ3v) is 3.63. The van der Waals surface area contributed by atoms with Crippen molar-refractivity contribution in [3.05, 3.63) is 54.6 Å². The van der Waals surface area contributed by atoms with E-state index in [1.807, 2.05) is 37.3 Å². The molecule has 1 N–H and O–H groups in total. The smallest absolute Gasteiger partial charge is 0.234 e. The average Bonchev–Trinajstić information content (AvgIpc) is 2.48. The molecule has 20 heavy (non-hydrogen) atoms. The van der Waals surface area contributed by atoms with E-state index in [2.05, 4.69) is 0 Å². The summed E-state index contributed by atoms with van der Waals surface area (Å²) in [4.78, 5) is 14.2. The van der Waals surface area contributed by atoms with Crippen LogP contribution in [0.4, 0.5) is 5.69 Å². The number of hydrogen-bond donors (Lipinski definition) is 1. The molecule has 0 saturated carbocycles. The lowest BCUT2D eigenvalue weighted by atomic mass is 9.97. The molecule has 4 nitrogen and oxygen atoms in total. The summed E-state index contributed by atoms with van der Waals surface area (Å²) in [6.45, 7) is 2.23. The van der Waals surface area contributed by atoms with Crippen molar-refractivity contribution >= 4 is 11.6 Å². The highest BCUT2D eigenvalue weighted by molar-refractivity contribution is 5.97. The topological polar surface area (TPSA) is 49.8 Å². The molecule has 4 heteroatoms. The van der Waals surface area contributed by atoms with Crippen LogP contribution in [0.1, 0.15) is 6.92 Å². The van der Waals surface area contributed by atoms with E-state index in [0.717, 1.165) is 5.69 Å². The van der Waals surface area contributed by atoms with Gasteiger partial charge in [-0.15, -0.1) is 0 Å². The fourth-order valence-electron chi connectivity index (χ4n) is 2.53. The van der Waals surface area contributed by atoms with Crippen molar-refractivity contribution in [1.82, 2.24) is 0 Å². The van der Waals surface area contributed by atoms with E-state index in [4.69, 9.17) is 4.74 Å². The first-order chi connectivity index (χ1) is 9.62. The van der Waals surface area contributed by atoms with E-state index in [0.29, 0.717) is 6.61 Å². The van der Waals surface area contributed by atoms with Crippen molar-refractivity contribution in [3.8, 4) is 0 Å². The van der Waals surface area contributed by atoms with Crippen molar-refractivity contribution < 1.29 is 14.6 Å². The predicted octanol–water partition coefficient (Wildman–Crippen LogP) is 1.87. The highest BCUT2D eigenvalue weighted by Gasteiger charge is 2.44. The lowest BCUT2D eigenvalue weighted by Gasteiger charge is -2.46. The van der Waals surface area contributed by atoms with E-state index < -0.39 is 11.8 Å². The SMILES string of the molecule is CC1COC2(C=CC(O)C=C2)N(c2ccccc2)C1=O. The number of anilines is 1. The zero-order valence-electron chi connectivity index (χ0n) is 11.3. The predicted molar refractivity (Wildman–Crippen MR) is 76.1 cm³/mol. The van der Waals surface area contributed by atoms with Gasteiger partial charge in [0.2, 0.25) is 5.91 Å². The largest absolute Gasteiger partial charge is 0.385 e. The van der Waals surface area contributed by atoms with Crippen LogP contribution in [0.3, 0.4) is 0 Å². The molecule has 1 unspecified atom stereocenters. The minimum atomic E-state index is -0.926. The molecule has 104 valence electrons. The van der Waals surface area contributed by atoms with Gasteiger partial charge in [0, 0.05) is 5.69 Å². The standard InChI is InChI=1S/C16H17NO3/c1-12-11-20-16(9-7-14(18)8-10-16)17(15(12)19)13-5-3-2-4-6-13/h2-10,12,14,18H,11H2,1H3. The molecule has 1 aromatic rings. The van der Waals surface area contributed by atoms with Crippen LogP contribution in [0.15, 0.2) is 54.6 Å². The van der Waals surface area contributed by atoms with Crippen LogP contribution < -0.4 is 4.90 Å². The van der Waals surface area contributed by atoms with E-state index in [1.165, 1.54) is 0 Å². The van der Waals surface area contributed by atoms with Crippen LogP contribution in [-0.2, 0) is 9.53 Å². The number of rotatable bonds is 1. The summed E-state index contributed by atoms with van der Waals surface area (Å²) >= 11 is 0. The minimum Gasteiger partial charge on any atom is -0.385 e. The quantitative estimate of drug-likeness (QED) is 0.793. The molecular formula is C16H17NO3. The Balaban J connectivity index is 2.06. The minimum absolute atomic E-state index is 0.0214. The van der Waals surface area contributed by atoms with Gasteiger partial charge in [0.1, 0.15) is 0 Å². The molecule has 1 aliphatic heterocycles. The Morgan fingerprint density at radius 3 is 2.55 bits per heavy atom. The molecule has 1 fully saturated rings. The molecular weight excluding hydrogens is 254 g/mol. The van der Waals surface area contributed by atoms with Crippen LogP contribution in [0.5, 0.6) is 0 Å². The molecule has 0 aromatic heterocycles. The normalized spacial score (nSPS) is 32.9. The van der Waals surface area contributed by atoms with Gasteiger partial charge in [0.15, 0.2) is 5.72 Å². The molecule has 1 heterocycles. The van der Waals surface area contributed by atoms with Gasteiger partial charge in [0.25, 0.3) is 0 Å². The summed E-state index contributed by atoms with van der Waals surface area (Å²) in [7, 11) is 0. The van der Waals surface area contributed by atoms with Crippen LogP contribution in [0.2, 0.25) is 0 Å². The molecule has 3 rings (SSSR count). The molecule has 1 atom stereocenters. The zero-order valence-corrected chi connectivity index (χ0v) is 11.3. The molecule has 1 aromatic carbocycles. The maximum Gasteiger partial charge on any atom is 0.234 e. The number of carbonyl (C=O) groups excluding carboxylic acids is 1. The highest BCUT2D eigenvalue weighted by atomic mass is 16.5. The number of amides is 1. The number of benzene rings is 1. The van der Waals surface area contributed by atoms with Crippen molar-refractivity contribution in [2.45, 2.75) is 18.8 Å². The lowest BCUT2D eigenvalue weighted by molar-refractivity contribution is -0.136. The zero-order chi connectivity index (χ0) is 14.2. The Kier molecular flexibility index (Phi) is 3.20. The fourth-order valence-corrected chi connectivity index (χ4v) is 2.53. The van der Waals surface area contributed by atoms with Gasteiger partial charge in [-0.25, -0.2) is 0 Å². The number of carbonyl (C=O) groups is 1. The van der Waals surface area contributed by atoms with Crippen LogP contribution in [0.25, 0.3) is 0 Å². The third kappa shape index (κ3) is 2.07. The van der Waals surface area contributed by atoms with Gasteiger partial charge < -0.3 is 9.84 Å². The first-order valence-corrected chi connectivity index (χ1v) is 6.72. The second-order valence-electron chi connectivity index (χ2n) is 5.18. The fraction of sp³-hybridized carbons (Fsp3) is 0.312. The summed E-state index contributed by atoms with van der Waals surface area (Å²) in [6, 6.07) is 9.45. The maximum atomic E-state index is 12.6. The Hall–Kier alpha value is -1.91. The van der Waals surface area contributed by atoms with Gasteiger partial charge in [0.05, 0.1) is 18.6 Å². The monoisotopic (exact) mass is 271 g/mol. The van der Waals surface area contributed by atoms with Crippen molar-refractivity contribution in [2.24, 2.45) is 5.92 Å². The number of ether oxygens (including phenoxy) is 1. The highest BCUT2D eigenvalue weighted by Crippen LogP contribution is 2.35. The van der Waals surface area contributed by atoms with Gasteiger partial charge in [-0.05, 0) is 24.3 Å². The molecule has 0 bridgehead atoms. The second kappa shape index (κ2) is 4.89. The Labute approximate surface area is 118 Å². The summed E-state index contributed by atoms with van der Waals surface area (Å²) in [6.07, 6.45) is 6.14. The van der Waals surface area contributed by atoms with Crippen LogP contribution in [0, 0.1) is 5.92 Å². The lowest BCUT2D eigenvalue weighted by Crippen LogP contribution is -2.59. The van der Waals surface area contributed by atoms with E-state index in [1.54, 1.807) is 29.2 Å². The third-order valence-electron chi connectivity index (χ3n) is 3.63. The number of nitrogens with zero attached hydrogens (tertiary/aromatic N) is 1. The van der Waals surface area contributed by atoms with Gasteiger partial charge in [-0.3, -0.25) is 9.69 Å². The number of para-hydroxylation sites is 1. The molecule has 1 aliphatic carbocycles. The maximum absolute atomic E-state index is 12.6. The Bertz CT molecular complexity index is 550. The van der Waals surface area contributed by atoms with Gasteiger partial charge >= 0.3 is 0 Å². The first kappa shape index (κ1) is 13.1. The summed E-state index contributed by atoms with van der Waals surface area (Å²) < 4.78 is 5.92.